The summed E-state index contributed by atoms with van der Waals surface area (Å²) in [7, 11) is 0. The van der Waals surface area contributed by atoms with Crippen LogP contribution in [0.5, 0.6) is 0 Å². The highest BCUT2D eigenvalue weighted by molar-refractivity contribution is 4.97. The Morgan fingerprint density at radius 1 is 0.571 bits per heavy atom. The van der Waals surface area contributed by atoms with Crippen LogP contribution >= 0.6 is 0 Å². The van der Waals surface area contributed by atoms with Gasteiger partial charge in [0.1, 0.15) is 0 Å². The quantitative estimate of drug-likeness (QED) is 0.548. The monoisotopic (exact) mass is 288 g/mol. The Morgan fingerprint density at radius 2 is 1.29 bits per heavy atom. The molecule has 0 aromatic rings. The molecule has 0 heteroatoms. The average molecular weight is 289 g/mol. The molecule has 0 bridgehead atoms. The van der Waals surface area contributed by atoms with Crippen molar-refractivity contribution in [3.8, 4) is 0 Å². The van der Waals surface area contributed by atoms with Gasteiger partial charge in [0, 0.05) is 0 Å². The van der Waals surface area contributed by atoms with Crippen LogP contribution in [-0.2, 0) is 0 Å². The predicted molar refractivity (Wildman–Crippen MR) is 90.1 cm³/mol. The normalized spacial score (nSPS) is 45.9. The van der Waals surface area contributed by atoms with Crippen molar-refractivity contribution < 1.29 is 0 Å². The summed E-state index contributed by atoms with van der Waals surface area (Å²) in [5.41, 5.74) is 0. The first-order valence-corrected chi connectivity index (χ1v) is 10.3. The van der Waals surface area contributed by atoms with Crippen molar-refractivity contribution in [3.63, 3.8) is 0 Å². The molecular weight excluding hydrogens is 252 g/mol. The summed E-state index contributed by atoms with van der Waals surface area (Å²) in [6.45, 7) is 2.63. The number of rotatable bonds is 2. The van der Waals surface area contributed by atoms with Crippen molar-refractivity contribution >= 4 is 0 Å². The van der Waals surface area contributed by atoms with Gasteiger partial charge in [0.15, 0.2) is 0 Å². The zero-order chi connectivity index (χ0) is 14.2. The summed E-state index contributed by atoms with van der Waals surface area (Å²) in [5.74, 6) is 7.82. The molecule has 0 amide bonds. The molecule has 0 saturated heterocycles. The Bertz CT molecular complexity index is 340. The summed E-state index contributed by atoms with van der Waals surface area (Å²) in [6, 6.07) is 0. The zero-order valence-electron chi connectivity index (χ0n) is 14.2. The molecule has 0 aliphatic heterocycles. The van der Waals surface area contributed by atoms with Gasteiger partial charge in [-0.05, 0) is 73.5 Å². The van der Waals surface area contributed by atoms with E-state index in [1.165, 1.54) is 19.3 Å². The SMILES string of the molecule is CC(C1CCCCC1)C1CCC2CC3CCCCC3C2C1. The van der Waals surface area contributed by atoms with Crippen molar-refractivity contribution in [3.05, 3.63) is 0 Å². The zero-order valence-corrected chi connectivity index (χ0v) is 14.2. The molecule has 4 aliphatic rings. The Balaban J connectivity index is 1.40. The van der Waals surface area contributed by atoms with E-state index in [2.05, 4.69) is 6.92 Å². The van der Waals surface area contributed by atoms with Gasteiger partial charge in [-0.2, -0.15) is 0 Å². The van der Waals surface area contributed by atoms with Crippen molar-refractivity contribution in [1.82, 2.24) is 0 Å². The Morgan fingerprint density at radius 3 is 2.14 bits per heavy atom. The highest BCUT2D eigenvalue weighted by Crippen LogP contribution is 2.56. The highest BCUT2D eigenvalue weighted by atomic mass is 14.5. The fraction of sp³-hybridized carbons (Fsp3) is 1.00. The first-order chi connectivity index (χ1) is 10.3. The lowest BCUT2D eigenvalue weighted by Gasteiger charge is -2.41. The van der Waals surface area contributed by atoms with Gasteiger partial charge in [0.05, 0.1) is 0 Å². The topological polar surface area (TPSA) is 0 Å². The van der Waals surface area contributed by atoms with E-state index in [0.717, 1.165) is 41.4 Å². The van der Waals surface area contributed by atoms with Crippen molar-refractivity contribution in [2.24, 2.45) is 41.4 Å². The minimum Gasteiger partial charge on any atom is -0.0620 e. The lowest BCUT2D eigenvalue weighted by Crippen LogP contribution is -2.32. The molecular formula is C21H36. The van der Waals surface area contributed by atoms with Crippen molar-refractivity contribution in [1.29, 1.82) is 0 Å². The summed E-state index contributed by atoms with van der Waals surface area (Å²) in [4.78, 5) is 0. The molecule has 4 saturated carbocycles. The number of hydrogen-bond acceptors (Lipinski definition) is 0. The molecule has 0 spiro atoms. The molecule has 0 aromatic heterocycles. The Labute approximate surface area is 132 Å². The van der Waals surface area contributed by atoms with Crippen LogP contribution in [-0.4, -0.2) is 0 Å². The predicted octanol–water partition coefficient (Wildman–Crippen LogP) is 6.45. The van der Waals surface area contributed by atoms with E-state index < -0.39 is 0 Å². The molecule has 21 heavy (non-hydrogen) atoms. The second-order valence-corrected chi connectivity index (χ2v) is 9.20. The maximum Gasteiger partial charge on any atom is -0.0352 e. The van der Waals surface area contributed by atoms with Gasteiger partial charge < -0.3 is 0 Å². The maximum absolute atomic E-state index is 2.63. The number of fused-ring (bicyclic) bond motifs is 3. The van der Waals surface area contributed by atoms with Gasteiger partial charge in [-0.15, -0.1) is 0 Å². The third-order valence-corrected chi connectivity index (χ3v) is 8.35. The van der Waals surface area contributed by atoms with E-state index >= 15 is 0 Å². The molecule has 6 atom stereocenters. The molecule has 4 fully saturated rings. The lowest BCUT2D eigenvalue weighted by molar-refractivity contribution is 0.0873. The first kappa shape index (κ1) is 14.6. The Hall–Kier alpha value is 0. The fourth-order valence-electron chi connectivity index (χ4n) is 7.12. The van der Waals surface area contributed by atoms with Gasteiger partial charge >= 0.3 is 0 Å². The van der Waals surface area contributed by atoms with Gasteiger partial charge in [-0.1, -0.05) is 58.3 Å². The van der Waals surface area contributed by atoms with Gasteiger partial charge in [-0.3, -0.25) is 0 Å². The van der Waals surface area contributed by atoms with Crippen LogP contribution in [0, 0.1) is 41.4 Å². The van der Waals surface area contributed by atoms with Crippen LogP contribution in [0.2, 0.25) is 0 Å². The van der Waals surface area contributed by atoms with Crippen LogP contribution in [0.4, 0.5) is 0 Å². The summed E-state index contributed by atoms with van der Waals surface area (Å²) in [6.07, 6.45) is 20.4. The third-order valence-electron chi connectivity index (χ3n) is 8.35. The molecule has 0 radical (unpaired) electrons. The Kier molecular flexibility index (Phi) is 4.34. The maximum atomic E-state index is 2.63. The number of hydrogen-bond donors (Lipinski definition) is 0. The van der Waals surface area contributed by atoms with Gasteiger partial charge in [-0.25, -0.2) is 0 Å². The van der Waals surface area contributed by atoms with E-state index in [1.807, 2.05) is 0 Å². The molecule has 0 aromatic carbocycles. The second kappa shape index (κ2) is 6.25. The summed E-state index contributed by atoms with van der Waals surface area (Å²) in [5, 5.41) is 0. The first-order valence-electron chi connectivity index (χ1n) is 10.3. The molecule has 0 heterocycles. The molecule has 120 valence electrons. The van der Waals surface area contributed by atoms with Crippen LogP contribution in [0.1, 0.15) is 90.4 Å². The molecule has 0 nitrogen and oxygen atoms in total. The van der Waals surface area contributed by atoms with Crippen molar-refractivity contribution in [2.75, 3.05) is 0 Å². The van der Waals surface area contributed by atoms with Crippen LogP contribution in [0.15, 0.2) is 0 Å². The van der Waals surface area contributed by atoms with E-state index in [-0.39, 0.29) is 0 Å². The highest BCUT2D eigenvalue weighted by Gasteiger charge is 2.47. The average Bonchev–Trinajstić information content (AvgIpc) is 2.93. The van der Waals surface area contributed by atoms with Crippen LogP contribution in [0.25, 0.3) is 0 Å². The van der Waals surface area contributed by atoms with Crippen molar-refractivity contribution in [2.45, 2.75) is 90.4 Å². The molecule has 6 unspecified atom stereocenters. The standard InChI is InChI=1S/C21H36/c1-15(16-7-3-2-4-8-16)17-11-12-19-13-18-9-5-6-10-20(18)21(19)14-17/h15-21H,2-14H2,1H3. The summed E-state index contributed by atoms with van der Waals surface area (Å²) >= 11 is 0. The molecule has 4 rings (SSSR count). The van der Waals surface area contributed by atoms with Gasteiger partial charge in [0.25, 0.3) is 0 Å². The lowest BCUT2D eigenvalue weighted by atomic mass is 9.64. The third kappa shape index (κ3) is 2.81. The van der Waals surface area contributed by atoms with E-state index in [0.29, 0.717) is 0 Å². The van der Waals surface area contributed by atoms with E-state index in [4.69, 9.17) is 0 Å². The summed E-state index contributed by atoms with van der Waals surface area (Å²) < 4.78 is 0. The minimum absolute atomic E-state index is 1.04. The van der Waals surface area contributed by atoms with E-state index in [1.54, 1.807) is 64.2 Å². The van der Waals surface area contributed by atoms with Crippen LogP contribution in [0.3, 0.4) is 0 Å². The van der Waals surface area contributed by atoms with Crippen LogP contribution < -0.4 is 0 Å². The largest absolute Gasteiger partial charge is 0.0620 e. The second-order valence-electron chi connectivity index (χ2n) is 9.20. The fourth-order valence-corrected chi connectivity index (χ4v) is 7.12. The minimum atomic E-state index is 1.04. The smallest absolute Gasteiger partial charge is 0.0352 e. The molecule has 4 aliphatic carbocycles. The van der Waals surface area contributed by atoms with E-state index in [9.17, 15) is 0 Å². The van der Waals surface area contributed by atoms with Gasteiger partial charge in [0.2, 0.25) is 0 Å². The molecule has 0 N–H and O–H groups in total.